The minimum atomic E-state index is 0.154. The molecule has 0 spiro atoms. The lowest BCUT2D eigenvalue weighted by atomic mass is 9.86. The van der Waals surface area contributed by atoms with Gasteiger partial charge in [0.1, 0.15) is 0 Å². The number of para-hydroxylation sites is 2. The monoisotopic (exact) mass is 293 g/mol. The predicted octanol–water partition coefficient (Wildman–Crippen LogP) is 4.53. The number of hydrogen-bond acceptors (Lipinski definition) is 2. The second kappa shape index (κ2) is 5.16. The fourth-order valence-electron chi connectivity index (χ4n) is 2.88. The fraction of sp³-hybridized carbons (Fsp3) is 0.316. The first-order chi connectivity index (χ1) is 10.4. The number of benzene rings is 2. The highest BCUT2D eigenvalue weighted by molar-refractivity contribution is 5.78. The maximum Gasteiger partial charge on any atom is 0.201 e. The normalized spacial score (nSPS) is 13.5. The van der Waals surface area contributed by atoms with Crippen LogP contribution in [0.3, 0.4) is 0 Å². The Hall–Kier alpha value is -2.29. The van der Waals surface area contributed by atoms with Crippen molar-refractivity contribution in [2.45, 2.75) is 39.2 Å². The summed E-state index contributed by atoms with van der Waals surface area (Å²) in [4.78, 5) is 4.46. The van der Waals surface area contributed by atoms with Crippen LogP contribution in [-0.2, 0) is 5.41 Å². The van der Waals surface area contributed by atoms with Gasteiger partial charge in [-0.2, -0.15) is 0 Å². The van der Waals surface area contributed by atoms with E-state index in [1.54, 1.807) is 0 Å². The lowest BCUT2D eigenvalue weighted by Gasteiger charge is -2.21. The van der Waals surface area contributed by atoms with Gasteiger partial charge < -0.3 is 10.3 Å². The minimum Gasteiger partial charge on any atom is -0.369 e. The maximum atomic E-state index is 6.14. The second-order valence-electron chi connectivity index (χ2n) is 6.88. The Morgan fingerprint density at radius 1 is 1.00 bits per heavy atom. The molecule has 0 bridgehead atoms. The van der Waals surface area contributed by atoms with E-state index in [0.717, 1.165) is 11.0 Å². The molecule has 1 unspecified atom stereocenters. The molecule has 0 saturated heterocycles. The molecule has 1 heterocycles. The smallest absolute Gasteiger partial charge is 0.201 e. The van der Waals surface area contributed by atoms with Gasteiger partial charge in [-0.15, -0.1) is 0 Å². The molecule has 1 atom stereocenters. The third-order valence-corrected chi connectivity index (χ3v) is 4.27. The summed E-state index contributed by atoms with van der Waals surface area (Å²) in [7, 11) is 0. The lowest BCUT2D eigenvalue weighted by molar-refractivity contribution is 0.588. The van der Waals surface area contributed by atoms with Gasteiger partial charge in [-0.3, -0.25) is 0 Å². The molecule has 22 heavy (non-hydrogen) atoms. The van der Waals surface area contributed by atoms with Crippen LogP contribution in [0.1, 0.15) is 44.9 Å². The maximum absolute atomic E-state index is 6.14. The third kappa shape index (κ3) is 2.47. The molecule has 3 aromatic rings. The Labute approximate surface area is 131 Å². The van der Waals surface area contributed by atoms with Crippen molar-refractivity contribution in [3.63, 3.8) is 0 Å². The Bertz CT molecular complexity index is 792. The number of nitrogens with two attached hydrogens (primary N) is 1. The molecular weight excluding hydrogens is 270 g/mol. The SMILES string of the molecule is CC(c1ccc(C(C)(C)C)cc1)n1c(N)nc2ccccc21. The van der Waals surface area contributed by atoms with Gasteiger partial charge in [0, 0.05) is 0 Å². The summed E-state index contributed by atoms with van der Waals surface area (Å²) in [5.74, 6) is 0.564. The van der Waals surface area contributed by atoms with Crippen LogP contribution in [0.5, 0.6) is 0 Å². The number of imidazole rings is 1. The molecule has 0 radical (unpaired) electrons. The summed E-state index contributed by atoms with van der Waals surface area (Å²) in [5.41, 5.74) is 10.9. The average molecular weight is 293 g/mol. The van der Waals surface area contributed by atoms with Crippen molar-refractivity contribution in [1.82, 2.24) is 9.55 Å². The zero-order valence-electron chi connectivity index (χ0n) is 13.7. The summed E-state index contributed by atoms with van der Waals surface area (Å²) in [6, 6.07) is 17.0. The van der Waals surface area contributed by atoms with Crippen molar-refractivity contribution < 1.29 is 0 Å². The van der Waals surface area contributed by atoms with E-state index >= 15 is 0 Å². The fourth-order valence-corrected chi connectivity index (χ4v) is 2.88. The molecule has 2 aromatic carbocycles. The summed E-state index contributed by atoms with van der Waals surface area (Å²) in [5, 5.41) is 0. The molecule has 0 aliphatic carbocycles. The van der Waals surface area contributed by atoms with Crippen LogP contribution in [0.25, 0.3) is 11.0 Å². The molecule has 3 heteroatoms. The summed E-state index contributed by atoms with van der Waals surface area (Å²) >= 11 is 0. The first kappa shape index (κ1) is 14.6. The standard InChI is InChI=1S/C19H23N3/c1-13(14-9-11-15(12-10-14)19(2,3)4)22-17-8-6-5-7-16(17)21-18(22)20/h5-13H,1-4H3,(H2,20,21). The topological polar surface area (TPSA) is 43.8 Å². The van der Waals surface area contributed by atoms with E-state index < -0.39 is 0 Å². The van der Waals surface area contributed by atoms with E-state index in [1.165, 1.54) is 11.1 Å². The van der Waals surface area contributed by atoms with Crippen molar-refractivity contribution in [3.8, 4) is 0 Å². The highest BCUT2D eigenvalue weighted by Crippen LogP contribution is 2.29. The van der Waals surface area contributed by atoms with Crippen LogP contribution in [0.2, 0.25) is 0 Å². The zero-order valence-corrected chi connectivity index (χ0v) is 13.7. The molecular formula is C19H23N3. The first-order valence-electron chi connectivity index (χ1n) is 7.71. The van der Waals surface area contributed by atoms with E-state index in [9.17, 15) is 0 Å². The number of rotatable bonds is 2. The molecule has 114 valence electrons. The zero-order chi connectivity index (χ0) is 15.9. The van der Waals surface area contributed by atoms with Gasteiger partial charge in [-0.25, -0.2) is 4.98 Å². The van der Waals surface area contributed by atoms with Crippen molar-refractivity contribution in [2.24, 2.45) is 0 Å². The van der Waals surface area contributed by atoms with E-state index in [1.807, 2.05) is 18.2 Å². The predicted molar refractivity (Wildman–Crippen MR) is 93.1 cm³/mol. The molecule has 3 rings (SSSR count). The summed E-state index contributed by atoms with van der Waals surface area (Å²) in [6.45, 7) is 8.85. The number of nitrogen functional groups attached to an aromatic ring is 1. The number of fused-ring (bicyclic) bond motifs is 1. The number of hydrogen-bond donors (Lipinski definition) is 1. The minimum absolute atomic E-state index is 0.154. The molecule has 2 N–H and O–H groups in total. The van der Waals surface area contributed by atoms with Crippen molar-refractivity contribution in [1.29, 1.82) is 0 Å². The van der Waals surface area contributed by atoms with Gasteiger partial charge >= 0.3 is 0 Å². The third-order valence-electron chi connectivity index (χ3n) is 4.27. The number of nitrogens with zero attached hydrogens (tertiary/aromatic N) is 2. The largest absolute Gasteiger partial charge is 0.369 e. The Morgan fingerprint density at radius 2 is 1.64 bits per heavy atom. The van der Waals surface area contributed by atoms with Gasteiger partial charge in [-0.05, 0) is 35.6 Å². The van der Waals surface area contributed by atoms with Crippen LogP contribution in [0.15, 0.2) is 48.5 Å². The molecule has 3 nitrogen and oxygen atoms in total. The molecule has 0 saturated carbocycles. The molecule has 0 amide bonds. The van der Waals surface area contributed by atoms with E-state index in [0.29, 0.717) is 5.95 Å². The van der Waals surface area contributed by atoms with E-state index in [-0.39, 0.29) is 11.5 Å². The van der Waals surface area contributed by atoms with Gasteiger partial charge in [0.05, 0.1) is 17.1 Å². The van der Waals surface area contributed by atoms with Crippen molar-refractivity contribution in [3.05, 3.63) is 59.7 Å². The molecule has 1 aromatic heterocycles. The van der Waals surface area contributed by atoms with Crippen LogP contribution >= 0.6 is 0 Å². The lowest BCUT2D eigenvalue weighted by Crippen LogP contribution is -2.13. The molecule has 0 fully saturated rings. The van der Waals surface area contributed by atoms with Gasteiger partial charge in [0.2, 0.25) is 5.95 Å². The van der Waals surface area contributed by atoms with Crippen LogP contribution in [0, 0.1) is 0 Å². The average Bonchev–Trinajstić information content (AvgIpc) is 2.81. The van der Waals surface area contributed by atoms with Crippen LogP contribution < -0.4 is 5.73 Å². The van der Waals surface area contributed by atoms with E-state index in [2.05, 4.69) is 67.6 Å². The van der Waals surface area contributed by atoms with Crippen LogP contribution in [-0.4, -0.2) is 9.55 Å². The molecule has 0 aliphatic heterocycles. The molecule has 0 aliphatic rings. The van der Waals surface area contributed by atoms with Gasteiger partial charge in [0.15, 0.2) is 0 Å². The van der Waals surface area contributed by atoms with E-state index in [4.69, 9.17) is 5.73 Å². The quantitative estimate of drug-likeness (QED) is 0.754. The van der Waals surface area contributed by atoms with Crippen LogP contribution in [0.4, 0.5) is 5.95 Å². The van der Waals surface area contributed by atoms with Crippen molar-refractivity contribution in [2.75, 3.05) is 5.73 Å². The summed E-state index contributed by atoms with van der Waals surface area (Å²) in [6.07, 6.45) is 0. The summed E-state index contributed by atoms with van der Waals surface area (Å²) < 4.78 is 2.10. The number of anilines is 1. The Kier molecular flexibility index (Phi) is 3.44. The number of aromatic nitrogens is 2. The highest BCUT2D eigenvalue weighted by atomic mass is 15.2. The van der Waals surface area contributed by atoms with Crippen molar-refractivity contribution >= 4 is 17.0 Å². The Morgan fingerprint density at radius 3 is 2.27 bits per heavy atom. The Balaban J connectivity index is 2.02. The van der Waals surface area contributed by atoms with Gasteiger partial charge in [0.25, 0.3) is 0 Å². The second-order valence-corrected chi connectivity index (χ2v) is 6.88. The van der Waals surface area contributed by atoms with Gasteiger partial charge in [-0.1, -0.05) is 57.2 Å². The first-order valence-corrected chi connectivity index (χ1v) is 7.71. The highest BCUT2D eigenvalue weighted by Gasteiger charge is 2.17.